The average molecular weight is 564 g/mol. The summed E-state index contributed by atoms with van der Waals surface area (Å²) in [6.45, 7) is 5.36. The van der Waals surface area contributed by atoms with Crippen LogP contribution in [0.2, 0.25) is 0 Å². The maximum absolute atomic E-state index is 13.2. The van der Waals surface area contributed by atoms with Gasteiger partial charge in [-0.25, -0.2) is 0 Å². The molecule has 224 valence electrons. The van der Waals surface area contributed by atoms with Gasteiger partial charge in [0.25, 0.3) is 0 Å². The number of hydrogen-bond donors (Lipinski definition) is 1. The molecule has 6 nitrogen and oxygen atoms in total. The quantitative estimate of drug-likeness (QED) is 0.347. The van der Waals surface area contributed by atoms with E-state index < -0.39 is 11.5 Å². The van der Waals surface area contributed by atoms with Gasteiger partial charge in [-0.1, -0.05) is 75.4 Å². The lowest BCUT2D eigenvalue weighted by Gasteiger charge is -2.36. The first-order valence-electron chi connectivity index (χ1n) is 15.8. The van der Waals surface area contributed by atoms with Crippen LogP contribution in [0.5, 0.6) is 11.5 Å². The van der Waals surface area contributed by atoms with Gasteiger partial charge >= 0.3 is 0 Å². The first-order valence-corrected chi connectivity index (χ1v) is 15.8. The minimum Gasteiger partial charge on any atom is -0.493 e. The maximum Gasteiger partial charge on any atom is 0.248 e. The fraction of sp³-hybridized carbons (Fsp3) is 0.629. The number of amides is 1. The summed E-state index contributed by atoms with van der Waals surface area (Å²) < 4.78 is 18.1. The summed E-state index contributed by atoms with van der Waals surface area (Å²) in [6, 6.07) is 16.0. The normalized spacial score (nSPS) is 27.9. The molecule has 0 radical (unpaired) electrons. The molecule has 3 unspecified atom stereocenters. The predicted molar refractivity (Wildman–Crippen MR) is 161 cm³/mol. The summed E-state index contributed by atoms with van der Waals surface area (Å²) in [5, 5.41) is 10.9. The molecule has 1 aliphatic heterocycles. The van der Waals surface area contributed by atoms with E-state index >= 15 is 0 Å². The van der Waals surface area contributed by atoms with Crippen molar-refractivity contribution in [2.24, 2.45) is 17.3 Å². The van der Waals surface area contributed by atoms with E-state index in [-0.39, 0.29) is 24.5 Å². The van der Waals surface area contributed by atoms with Crippen molar-refractivity contribution in [2.75, 3.05) is 26.8 Å². The van der Waals surface area contributed by atoms with Crippen molar-refractivity contribution in [2.45, 2.75) is 96.4 Å². The number of hydrogen-bond acceptors (Lipinski definition) is 5. The molecule has 3 aliphatic rings. The molecular formula is C35H49NO5. The Kier molecular flexibility index (Phi) is 9.92. The van der Waals surface area contributed by atoms with Crippen molar-refractivity contribution >= 4 is 5.91 Å². The van der Waals surface area contributed by atoms with E-state index in [0.29, 0.717) is 19.7 Å². The SMILES string of the molecule is COc1ccc(C2CN(C(=O)COCc3ccccc3)CC2(C)C(C)O)cc1OC1CCC(C2CCCCC2)CC1. The molecule has 1 N–H and O–H groups in total. The first-order chi connectivity index (χ1) is 19.9. The largest absolute Gasteiger partial charge is 0.493 e. The molecule has 2 aromatic carbocycles. The number of carbonyl (C=O) groups excluding carboxylic acids is 1. The monoisotopic (exact) mass is 563 g/mol. The zero-order chi connectivity index (χ0) is 28.8. The molecule has 1 heterocycles. The van der Waals surface area contributed by atoms with Gasteiger partial charge in [-0.3, -0.25) is 4.79 Å². The third-order valence-electron chi connectivity index (χ3n) is 10.3. The number of benzene rings is 2. The fourth-order valence-electron chi connectivity index (χ4n) is 7.50. The molecule has 5 rings (SSSR count). The smallest absolute Gasteiger partial charge is 0.248 e. The Morgan fingerprint density at radius 1 is 0.976 bits per heavy atom. The highest BCUT2D eigenvalue weighted by atomic mass is 16.5. The van der Waals surface area contributed by atoms with Crippen molar-refractivity contribution in [3.05, 3.63) is 59.7 Å². The van der Waals surface area contributed by atoms with Crippen molar-refractivity contribution in [1.82, 2.24) is 4.90 Å². The highest BCUT2D eigenvalue weighted by Crippen LogP contribution is 2.47. The summed E-state index contributed by atoms with van der Waals surface area (Å²) in [6.07, 6.45) is 11.3. The van der Waals surface area contributed by atoms with Gasteiger partial charge in [0.2, 0.25) is 5.91 Å². The summed E-state index contributed by atoms with van der Waals surface area (Å²) in [5.74, 6) is 3.20. The minimum absolute atomic E-state index is 0.0258. The highest BCUT2D eigenvalue weighted by Gasteiger charge is 2.48. The number of methoxy groups -OCH3 is 1. The molecule has 1 amide bonds. The van der Waals surface area contributed by atoms with E-state index in [1.165, 1.54) is 44.9 Å². The third-order valence-corrected chi connectivity index (χ3v) is 10.3. The van der Waals surface area contributed by atoms with Gasteiger partial charge in [0, 0.05) is 24.4 Å². The second-order valence-corrected chi connectivity index (χ2v) is 13.0. The van der Waals surface area contributed by atoms with E-state index in [1.807, 2.05) is 48.2 Å². The highest BCUT2D eigenvalue weighted by molar-refractivity contribution is 5.78. The third kappa shape index (κ3) is 7.09. The Hall–Kier alpha value is -2.57. The first kappa shape index (κ1) is 29.9. The molecule has 2 saturated carbocycles. The van der Waals surface area contributed by atoms with Gasteiger partial charge in [0.1, 0.15) is 6.61 Å². The molecule has 3 fully saturated rings. The number of aliphatic hydroxyl groups excluding tert-OH is 1. The molecule has 0 bridgehead atoms. The van der Waals surface area contributed by atoms with E-state index in [2.05, 4.69) is 19.1 Å². The Morgan fingerprint density at radius 3 is 2.37 bits per heavy atom. The lowest BCUT2D eigenvalue weighted by Crippen LogP contribution is -2.38. The van der Waals surface area contributed by atoms with Gasteiger partial charge in [-0.2, -0.15) is 0 Å². The van der Waals surface area contributed by atoms with Gasteiger partial charge in [-0.05, 0) is 67.7 Å². The van der Waals surface area contributed by atoms with Crippen LogP contribution in [-0.2, 0) is 16.1 Å². The van der Waals surface area contributed by atoms with Crippen LogP contribution in [0.3, 0.4) is 0 Å². The van der Waals surface area contributed by atoms with Crippen LogP contribution in [-0.4, -0.2) is 54.9 Å². The number of carbonyl (C=O) groups is 1. The van der Waals surface area contributed by atoms with Crippen LogP contribution in [0.4, 0.5) is 0 Å². The van der Waals surface area contributed by atoms with Crippen LogP contribution >= 0.6 is 0 Å². The average Bonchev–Trinajstić information content (AvgIpc) is 3.37. The van der Waals surface area contributed by atoms with Crippen LogP contribution in [0.25, 0.3) is 0 Å². The Bertz CT molecular complexity index is 1120. The van der Waals surface area contributed by atoms with Crippen molar-refractivity contribution in [3.8, 4) is 11.5 Å². The zero-order valence-electron chi connectivity index (χ0n) is 25.2. The number of rotatable bonds is 10. The topological polar surface area (TPSA) is 68.2 Å². The summed E-state index contributed by atoms with van der Waals surface area (Å²) in [4.78, 5) is 15.0. The Balaban J connectivity index is 1.24. The molecule has 2 aliphatic carbocycles. The molecule has 6 heteroatoms. The van der Waals surface area contributed by atoms with E-state index in [9.17, 15) is 9.90 Å². The van der Waals surface area contributed by atoms with Gasteiger partial charge in [0.05, 0.1) is 25.9 Å². The van der Waals surface area contributed by atoms with Crippen molar-refractivity contribution in [1.29, 1.82) is 0 Å². The van der Waals surface area contributed by atoms with E-state index in [1.54, 1.807) is 7.11 Å². The lowest BCUT2D eigenvalue weighted by atomic mass is 9.72. The second kappa shape index (κ2) is 13.6. The second-order valence-electron chi connectivity index (χ2n) is 13.0. The molecule has 0 aromatic heterocycles. The fourth-order valence-corrected chi connectivity index (χ4v) is 7.50. The van der Waals surface area contributed by atoms with Crippen LogP contribution < -0.4 is 9.47 Å². The van der Waals surface area contributed by atoms with Crippen LogP contribution in [0.1, 0.15) is 88.7 Å². The maximum atomic E-state index is 13.2. The van der Waals surface area contributed by atoms with Crippen LogP contribution in [0.15, 0.2) is 48.5 Å². The molecule has 41 heavy (non-hydrogen) atoms. The molecule has 2 aromatic rings. The standard InChI is InChI=1S/C35H49NO5/c1-25(37)35(2)24-36(34(38)23-40-22-26-10-6-4-7-11-26)21-31(35)29-16-19-32(39-3)33(20-29)41-30-17-14-28(15-18-30)27-12-8-5-9-13-27/h4,6-7,10-11,16,19-20,25,27-28,30-31,37H,5,8-9,12-15,17-18,21-24H2,1-3H3. The minimum atomic E-state index is -0.586. The number of ether oxygens (including phenoxy) is 3. The number of aliphatic hydroxyl groups is 1. The predicted octanol–water partition coefficient (Wildman–Crippen LogP) is 6.74. The molecule has 0 spiro atoms. The zero-order valence-corrected chi connectivity index (χ0v) is 25.2. The van der Waals surface area contributed by atoms with Gasteiger partial charge < -0.3 is 24.2 Å². The Morgan fingerprint density at radius 2 is 1.68 bits per heavy atom. The van der Waals surface area contributed by atoms with Crippen LogP contribution in [0, 0.1) is 17.3 Å². The Labute approximate surface area is 246 Å². The van der Waals surface area contributed by atoms with E-state index in [0.717, 1.165) is 47.3 Å². The summed E-state index contributed by atoms with van der Waals surface area (Å²) in [5.41, 5.74) is 1.63. The molecule has 1 saturated heterocycles. The van der Waals surface area contributed by atoms with Crippen molar-refractivity contribution in [3.63, 3.8) is 0 Å². The van der Waals surface area contributed by atoms with Gasteiger partial charge in [0.15, 0.2) is 11.5 Å². The van der Waals surface area contributed by atoms with Crippen molar-refractivity contribution < 1.29 is 24.1 Å². The molecular weight excluding hydrogens is 514 g/mol. The van der Waals surface area contributed by atoms with E-state index in [4.69, 9.17) is 14.2 Å². The lowest BCUT2D eigenvalue weighted by molar-refractivity contribution is -0.136. The summed E-state index contributed by atoms with van der Waals surface area (Å²) >= 11 is 0. The summed E-state index contributed by atoms with van der Waals surface area (Å²) in [7, 11) is 1.69. The van der Waals surface area contributed by atoms with Gasteiger partial charge in [-0.15, -0.1) is 0 Å². The number of nitrogens with zero attached hydrogens (tertiary/aromatic N) is 1. The molecule has 3 atom stereocenters. The number of likely N-dealkylation sites (tertiary alicyclic amines) is 1.